The molecule has 0 aliphatic carbocycles. The largest absolute Gasteiger partial charge is 0.497 e. The molecule has 0 aromatic heterocycles. The zero-order chi connectivity index (χ0) is 18.3. The van der Waals surface area contributed by atoms with E-state index in [-0.39, 0.29) is 11.4 Å². The molecule has 3 atom stereocenters. The van der Waals surface area contributed by atoms with Crippen LogP contribution in [0.5, 0.6) is 17.2 Å². The van der Waals surface area contributed by atoms with Gasteiger partial charge in [0.2, 0.25) is 0 Å². The average Bonchev–Trinajstić information content (AvgIpc) is 2.69. The summed E-state index contributed by atoms with van der Waals surface area (Å²) in [6.07, 6.45) is 1.92. The molecule has 4 rings (SSSR count). The molecule has 1 fully saturated rings. The van der Waals surface area contributed by atoms with Crippen LogP contribution in [0.2, 0.25) is 0 Å². The third kappa shape index (κ3) is 2.86. The van der Waals surface area contributed by atoms with Crippen LogP contribution in [0, 0.1) is 5.92 Å². The summed E-state index contributed by atoms with van der Waals surface area (Å²) in [4.78, 5) is 2.48. The number of halogens is 1. The van der Waals surface area contributed by atoms with E-state index in [1.807, 2.05) is 12.1 Å². The van der Waals surface area contributed by atoms with Gasteiger partial charge in [-0.3, -0.25) is 0 Å². The number of rotatable bonds is 4. The van der Waals surface area contributed by atoms with Crippen molar-refractivity contribution >= 4 is 17.3 Å². The van der Waals surface area contributed by atoms with Gasteiger partial charge in [0.1, 0.15) is 5.75 Å². The second-order valence-electron chi connectivity index (χ2n) is 6.99. The zero-order valence-electron chi connectivity index (χ0n) is 15.4. The summed E-state index contributed by atoms with van der Waals surface area (Å²) in [5.41, 5.74) is 3.77. The first-order valence-electron chi connectivity index (χ1n) is 8.94. The van der Waals surface area contributed by atoms with Crippen molar-refractivity contribution in [3.8, 4) is 17.2 Å². The second kappa shape index (κ2) is 6.92. The van der Waals surface area contributed by atoms with Gasteiger partial charge in [0.05, 0.1) is 27.4 Å². The first-order chi connectivity index (χ1) is 12.6. The molecule has 2 bridgehead atoms. The summed E-state index contributed by atoms with van der Waals surface area (Å²) in [5.74, 6) is 2.87. The predicted molar refractivity (Wildman–Crippen MR) is 104 cm³/mol. The molecular formula is C21H24ClNO3. The lowest BCUT2D eigenvalue weighted by Crippen LogP contribution is -2.47. The first-order valence-corrected chi connectivity index (χ1v) is 9.37. The highest BCUT2D eigenvalue weighted by atomic mass is 35.5. The van der Waals surface area contributed by atoms with E-state index in [1.165, 1.54) is 16.8 Å². The summed E-state index contributed by atoms with van der Waals surface area (Å²) in [6.45, 7) is 0.966. The highest BCUT2D eigenvalue weighted by molar-refractivity contribution is 6.21. The van der Waals surface area contributed by atoms with Crippen LogP contribution in [0.15, 0.2) is 36.4 Å². The Kier molecular flexibility index (Phi) is 4.62. The molecule has 0 N–H and O–H groups in total. The van der Waals surface area contributed by atoms with Gasteiger partial charge >= 0.3 is 0 Å². The first kappa shape index (κ1) is 17.3. The van der Waals surface area contributed by atoms with Gasteiger partial charge < -0.3 is 19.1 Å². The minimum absolute atomic E-state index is 0.166. The smallest absolute Gasteiger partial charge is 0.162 e. The van der Waals surface area contributed by atoms with Gasteiger partial charge in [-0.1, -0.05) is 12.1 Å². The lowest BCUT2D eigenvalue weighted by Gasteiger charge is -2.48. The highest BCUT2D eigenvalue weighted by Gasteiger charge is 2.40. The minimum atomic E-state index is 0.166. The molecule has 2 heterocycles. The fraction of sp³-hybridized carbons (Fsp3) is 0.429. The van der Waals surface area contributed by atoms with Crippen LogP contribution in [0.25, 0.3) is 0 Å². The lowest BCUT2D eigenvalue weighted by molar-refractivity contribution is 0.337. The van der Waals surface area contributed by atoms with Crippen molar-refractivity contribution in [3.05, 3.63) is 47.5 Å². The topological polar surface area (TPSA) is 30.9 Å². The maximum atomic E-state index is 6.78. The van der Waals surface area contributed by atoms with E-state index >= 15 is 0 Å². The maximum Gasteiger partial charge on any atom is 0.162 e. The van der Waals surface area contributed by atoms with Crippen LogP contribution in [-0.2, 0) is 6.42 Å². The molecular weight excluding hydrogens is 350 g/mol. The van der Waals surface area contributed by atoms with Gasteiger partial charge in [-0.15, -0.1) is 11.6 Å². The van der Waals surface area contributed by atoms with Crippen molar-refractivity contribution in [2.45, 2.75) is 24.3 Å². The molecule has 26 heavy (non-hydrogen) atoms. The third-order valence-corrected chi connectivity index (χ3v) is 6.18. The van der Waals surface area contributed by atoms with Crippen LogP contribution < -0.4 is 19.1 Å². The van der Waals surface area contributed by atoms with Crippen LogP contribution in [0.3, 0.4) is 0 Å². The van der Waals surface area contributed by atoms with Gasteiger partial charge in [0.15, 0.2) is 11.5 Å². The Bertz CT molecular complexity index is 793. The molecule has 0 unspecified atom stereocenters. The Hall–Kier alpha value is -2.07. The molecule has 2 aliphatic rings. The van der Waals surface area contributed by atoms with Crippen LogP contribution in [0.4, 0.5) is 5.69 Å². The number of anilines is 1. The molecule has 5 heteroatoms. The zero-order valence-corrected chi connectivity index (χ0v) is 16.1. The number of benzene rings is 2. The Morgan fingerprint density at radius 1 is 0.962 bits per heavy atom. The van der Waals surface area contributed by atoms with E-state index in [9.17, 15) is 0 Å². The van der Waals surface area contributed by atoms with Crippen molar-refractivity contribution in [1.29, 1.82) is 0 Å². The molecule has 1 saturated heterocycles. The quantitative estimate of drug-likeness (QED) is 0.741. The van der Waals surface area contributed by atoms with E-state index < -0.39 is 0 Å². The van der Waals surface area contributed by atoms with Gasteiger partial charge in [-0.2, -0.15) is 0 Å². The fourth-order valence-corrected chi connectivity index (χ4v) is 4.59. The Morgan fingerprint density at radius 2 is 1.65 bits per heavy atom. The molecule has 0 amide bonds. The minimum Gasteiger partial charge on any atom is -0.497 e. The molecule has 2 aromatic rings. The van der Waals surface area contributed by atoms with E-state index in [2.05, 4.69) is 29.2 Å². The van der Waals surface area contributed by atoms with Gasteiger partial charge in [-0.25, -0.2) is 0 Å². The molecule has 0 radical (unpaired) electrons. The summed E-state index contributed by atoms with van der Waals surface area (Å²) < 4.78 is 16.3. The van der Waals surface area contributed by atoms with Crippen molar-refractivity contribution in [1.82, 2.24) is 0 Å². The third-order valence-electron chi connectivity index (χ3n) is 5.64. The summed E-state index contributed by atoms with van der Waals surface area (Å²) in [7, 11) is 5.05. The number of methoxy groups -OCH3 is 3. The second-order valence-corrected chi connectivity index (χ2v) is 7.55. The summed E-state index contributed by atoms with van der Waals surface area (Å²) >= 11 is 6.78. The Labute approximate surface area is 159 Å². The average molecular weight is 374 g/mol. The predicted octanol–water partition coefficient (Wildman–Crippen LogP) is 4.44. The highest BCUT2D eigenvalue weighted by Crippen LogP contribution is 2.48. The molecule has 2 aliphatic heterocycles. The van der Waals surface area contributed by atoms with Gasteiger partial charge in [-0.05, 0) is 48.1 Å². The molecule has 0 spiro atoms. The monoisotopic (exact) mass is 373 g/mol. The number of nitrogens with zero attached hydrogens (tertiary/aromatic N) is 1. The molecule has 0 saturated carbocycles. The number of hydrogen-bond donors (Lipinski definition) is 0. The molecule has 4 nitrogen and oxygen atoms in total. The van der Waals surface area contributed by atoms with Crippen molar-refractivity contribution < 1.29 is 14.2 Å². The van der Waals surface area contributed by atoms with Crippen LogP contribution in [0.1, 0.15) is 23.6 Å². The van der Waals surface area contributed by atoms with Gasteiger partial charge in [0.25, 0.3) is 0 Å². The van der Waals surface area contributed by atoms with E-state index in [4.69, 9.17) is 25.8 Å². The Balaban J connectivity index is 1.77. The Morgan fingerprint density at radius 3 is 2.31 bits per heavy atom. The normalized spacial score (nSPS) is 24.0. The molecule has 138 valence electrons. The van der Waals surface area contributed by atoms with E-state index in [1.54, 1.807) is 21.3 Å². The standard InChI is InChI=1S/C21H24ClNO3/c1-24-16-6-4-13(5-7-16)18-10-17(22)15-8-14-9-20(25-2)21(26-3)11-19(14)23(18)12-15/h4-7,9,11,15,17-18H,8,10,12H2,1-3H3/t15-,17-,18+/m1/s1. The molecule has 2 aromatic carbocycles. The number of alkyl halides is 1. The van der Waals surface area contributed by atoms with Crippen molar-refractivity contribution in [3.63, 3.8) is 0 Å². The lowest BCUT2D eigenvalue weighted by atomic mass is 9.80. The van der Waals surface area contributed by atoms with E-state index in [0.29, 0.717) is 5.92 Å². The number of piperidine rings is 1. The maximum absolute atomic E-state index is 6.78. The van der Waals surface area contributed by atoms with Crippen molar-refractivity contribution in [2.24, 2.45) is 5.92 Å². The fourth-order valence-electron chi connectivity index (χ4n) is 4.25. The van der Waals surface area contributed by atoms with Gasteiger partial charge in [0, 0.05) is 23.7 Å². The van der Waals surface area contributed by atoms with Crippen molar-refractivity contribution in [2.75, 3.05) is 32.8 Å². The van der Waals surface area contributed by atoms with E-state index in [0.717, 1.165) is 36.6 Å². The number of hydrogen-bond acceptors (Lipinski definition) is 4. The van der Waals surface area contributed by atoms with Crippen LogP contribution >= 0.6 is 11.6 Å². The summed E-state index contributed by atoms with van der Waals surface area (Å²) in [5, 5.41) is 0.166. The van der Waals surface area contributed by atoms with Crippen LogP contribution in [-0.4, -0.2) is 33.3 Å². The summed E-state index contributed by atoms with van der Waals surface area (Å²) in [6, 6.07) is 12.8. The number of fused-ring (bicyclic) bond motifs is 4. The SMILES string of the molecule is COc1ccc([C@@H]2C[C@@H](Cl)[C@@H]3Cc4cc(OC)c(OC)cc4N2C3)cc1. The number of ether oxygens (including phenoxy) is 3.